The van der Waals surface area contributed by atoms with Crippen LogP contribution in [0, 0.1) is 11.3 Å². The first-order valence-corrected chi connectivity index (χ1v) is 6.77. The lowest BCUT2D eigenvalue weighted by Gasteiger charge is -2.42. The van der Waals surface area contributed by atoms with Crippen LogP contribution in [0.2, 0.25) is 0 Å². The van der Waals surface area contributed by atoms with Crippen LogP contribution in [-0.2, 0) is 42.9 Å². The highest BCUT2D eigenvalue weighted by Gasteiger charge is 2.52. The smallest absolute Gasteiger partial charge is 0.303 e. The summed E-state index contributed by atoms with van der Waals surface area (Å²) in [5.41, 5.74) is 0. The normalized spacial score (nSPS) is 30.3. The van der Waals surface area contributed by atoms with Crippen LogP contribution in [0.1, 0.15) is 33.1 Å². The van der Waals surface area contributed by atoms with Gasteiger partial charge in [0.2, 0.25) is 0 Å². The molecular weight excluding hydrogens is 338 g/mol. The van der Waals surface area contributed by atoms with Crippen LogP contribution in [0.25, 0.3) is 0 Å². The molecule has 1 aliphatic heterocycles. The lowest BCUT2D eigenvalue weighted by molar-refractivity contribution is -0.243. The second-order valence-electron chi connectivity index (χ2n) is 4.77. The topological polar surface area (TPSA) is 138 Å². The highest BCUT2D eigenvalue weighted by atomic mass is 16.7. The van der Waals surface area contributed by atoms with Crippen LogP contribution in [-0.4, -0.2) is 61.0 Å². The van der Waals surface area contributed by atoms with Gasteiger partial charge < -0.3 is 23.7 Å². The Labute approximate surface area is 149 Å². The van der Waals surface area contributed by atoms with Gasteiger partial charge in [-0.2, -0.15) is 5.26 Å². The van der Waals surface area contributed by atoms with Crippen molar-refractivity contribution >= 4 is 23.9 Å². The van der Waals surface area contributed by atoms with Gasteiger partial charge in [-0.15, -0.1) is 0 Å². The molecular formula is C15H19NO9. The fourth-order valence-corrected chi connectivity index (χ4v) is 2.19. The van der Waals surface area contributed by atoms with E-state index >= 15 is 0 Å². The molecule has 0 N–H and O–H groups in total. The molecule has 0 spiro atoms. The van der Waals surface area contributed by atoms with Gasteiger partial charge in [0.05, 0.1) is 6.07 Å². The molecule has 0 radical (unpaired) electrons. The number of rotatable bonds is 5. The Morgan fingerprint density at radius 1 is 0.920 bits per heavy atom. The van der Waals surface area contributed by atoms with Crippen LogP contribution < -0.4 is 0 Å². The quantitative estimate of drug-likeness (QED) is 0.471. The Bertz CT molecular complexity index is 656. The van der Waals surface area contributed by atoms with Crippen LogP contribution >= 0.6 is 0 Å². The number of nitriles is 1. The van der Waals surface area contributed by atoms with E-state index in [0.29, 0.717) is 0 Å². The molecule has 0 amide bonds. The highest BCUT2D eigenvalue weighted by Crippen LogP contribution is 2.28. The number of esters is 4. The van der Waals surface area contributed by atoms with E-state index in [1.165, 1.54) is 0 Å². The Hall–Kier alpha value is -2.67. The third-order valence-electron chi connectivity index (χ3n) is 2.97. The van der Waals surface area contributed by atoms with Crippen molar-refractivity contribution in [3.8, 4) is 6.07 Å². The van der Waals surface area contributed by atoms with Crippen molar-refractivity contribution in [1.82, 2.24) is 0 Å². The molecule has 1 unspecified atom stereocenters. The molecule has 1 saturated heterocycles. The summed E-state index contributed by atoms with van der Waals surface area (Å²) in [6, 6.07) is 1.67. The SMILES string of the molecule is [2H]CC(=O)OC[C@H]1OC(C#N)[C@H](OC(=O)C[2H])[C@@H](OC(=O)C[2H])[C@H]1OC(=O)C[2H]. The van der Waals surface area contributed by atoms with E-state index in [1.54, 1.807) is 6.07 Å². The zero-order valence-electron chi connectivity index (χ0n) is 17.0. The summed E-state index contributed by atoms with van der Waals surface area (Å²) >= 11 is 0. The van der Waals surface area contributed by atoms with Crippen molar-refractivity contribution in [3.05, 3.63) is 0 Å². The molecule has 1 aliphatic rings. The third kappa shape index (κ3) is 6.04. The van der Waals surface area contributed by atoms with Crippen molar-refractivity contribution in [2.75, 3.05) is 6.61 Å². The first-order valence-electron chi connectivity index (χ1n) is 9.60. The lowest BCUT2D eigenvalue weighted by Crippen LogP contribution is -2.62. The number of carbonyl (C=O) groups excluding carboxylic acids is 4. The number of hydrogen-bond donors (Lipinski definition) is 0. The predicted molar refractivity (Wildman–Crippen MR) is 77.6 cm³/mol. The fourth-order valence-electron chi connectivity index (χ4n) is 2.19. The monoisotopic (exact) mass is 361 g/mol. The van der Waals surface area contributed by atoms with E-state index in [9.17, 15) is 24.4 Å². The van der Waals surface area contributed by atoms with Crippen LogP contribution in [0.5, 0.6) is 0 Å². The summed E-state index contributed by atoms with van der Waals surface area (Å²) in [6.07, 6.45) is -7.72. The summed E-state index contributed by atoms with van der Waals surface area (Å²) in [4.78, 5) is 46.2. The van der Waals surface area contributed by atoms with Crippen LogP contribution in [0.3, 0.4) is 0 Å². The minimum Gasteiger partial charge on any atom is -0.463 e. The Morgan fingerprint density at radius 2 is 1.44 bits per heavy atom. The molecule has 0 aliphatic carbocycles. The molecule has 10 nitrogen and oxygen atoms in total. The molecule has 1 fully saturated rings. The molecule has 1 rings (SSSR count). The van der Waals surface area contributed by atoms with Crippen molar-refractivity contribution in [1.29, 1.82) is 5.26 Å². The maximum Gasteiger partial charge on any atom is 0.303 e. The molecule has 0 saturated carbocycles. The molecule has 0 bridgehead atoms. The average Bonchev–Trinajstić information content (AvgIpc) is 2.73. The Kier molecular flexibility index (Phi) is 5.26. The van der Waals surface area contributed by atoms with E-state index in [0.717, 1.165) is 0 Å². The van der Waals surface area contributed by atoms with E-state index in [1.807, 2.05) is 0 Å². The number of nitrogens with zero attached hydrogens (tertiary/aromatic N) is 1. The van der Waals surface area contributed by atoms with Gasteiger partial charge in [0, 0.05) is 33.1 Å². The van der Waals surface area contributed by atoms with Gasteiger partial charge in [0.1, 0.15) is 12.7 Å². The third-order valence-corrected chi connectivity index (χ3v) is 2.97. The van der Waals surface area contributed by atoms with E-state index < -0.39 is 88.6 Å². The minimum absolute atomic E-state index is 0.597. The van der Waals surface area contributed by atoms with Crippen molar-refractivity contribution in [2.45, 2.75) is 58.1 Å². The number of ether oxygens (including phenoxy) is 5. The number of hydrogen-bond acceptors (Lipinski definition) is 10. The Balaban J connectivity index is 3.28. The maximum atomic E-state index is 11.7. The molecule has 0 aromatic heterocycles. The summed E-state index contributed by atoms with van der Waals surface area (Å²) in [5, 5.41) is 9.35. The second-order valence-corrected chi connectivity index (χ2v) is 4.77. The molecule has 25 heavy (non-hydrogen) atoms. The molecule has 0 aromatic rings. The summed E-state index contributed by atoms with van der Waals surface area (Å²) in [6.45, 7) is -3.80. The lowest BCUT2D eigenvalue weighted by atomic mass is 9.94. The minimum atomic E-state index is -1.63. The molecule has 0 aromatic carbocycles. The van der Waals surface area contributed by atoms with Gasteiger partial charge in [-0.05, 0) is 0 Å². The summed E-state index contributed by atoms with van der Waals surface area (Å²) < 4.78 is 53.3. The zero-order valence-corrected chi connectivity index (χ0v) is 13.0. The van der Waals surface area contributed by atoms with Gasteiger partial charge in [-0.3, -0.25) is 19.2 Å². The van der Waals surface area contributed by atoms with Crippen molar-refractivity contribution < 1.29 is 48.3 Å². The predicted octanol–water partition coefficient (Wildman–Crippen LogP) is -0.364. The molecule has 1 heterocycles. The van der Waals surface area contributed by atoms with Gasteiger partial charge in [-0.25, -0.2) is 0 Å². The summed E-state index contributed by atoms with van der Waals surface area (Å²) in [5.74, 6) is -4.22. The first-order chi connectivity index (χ1) is 13.8. The maximum absolute atomic E-state index is 11.7. The summed E-state index contributed by atoms with van der Waals surface area (Å²) in [7, 11) is 0. The van der Waals surface area contributed by atoms with Gasteiger partial charge in [0.25, 0.3) is 0 Å². The van der Waals surface area contributed by atoms with Crippen LogP contribution in [0.15, 0.2) is 0 Å². The van der Waals surface area contributed by atoms with Gasteiger partial charge >= 0.3 is 23.9 Å². The largest absolute Gasteiger partial charge is 0.463 e. The first kappa shape index (κ1) is 14.7. The van der Waals surface area contributed by atoms with Crippen LogP contribution in [0.4, 0.5) is 0 Å². The molecule has 10 heteroatoms. The second kappa shape index (κ2) is 8.98. The van der Waals surface area contributed by atoms with Gasteiger partial charge in [0.15, 0.2) is 24.4 Å². The standard InChI is InChI=1S/C15H19NO9/c1-7(17)21-6-12-14(23-9(3)19)15(24-10(4)20)13(22-8(2)18)11(5-16)25-12/h11-15H,6H2,1-4H3/t11?,12-,13+,14+,15-/m1/s1/i1D,2D,3D,4D. The Morgan fingerprint density at radius 3 is 1.96 bits per heavy atom. The molecule has 138 valence electrons. The molecule has 5 atom stereocenters. The number of carbonyl (C=O) groups is 4. The van der Waals surface area contributed by atoms with E-state index in [2.05, 4.69) is 0 Å². The average molecular weight is 361 g/mol. The van der Waals surface area contributed by atoms with Gasteiger partial charge in [-0.1, -0.05) is 0 Å². The fraction of sp³-hybridized carbons (Fsp3) is 0.667. The zero-order chi connectivity index (χ0) is 22.0. The highest BCUT2D eigenvalue weighted by molar-refractivity contribution is 5.68. The van der Waals surface area contributed by atoms with E-state index in [-0.39, 0.29) is 0 Å². The van der Waals surface area contributed by atoms with E-state index in [4.69, 9.17) is 29.2 Å². The van der Waals surface area contributed by atoms with Crippen molar-refractivity contribution in [2.24, 2.45) is 0 Å². The van der Waals surface area contributed by atoms with Crippen molar-refractivity contribution in [3.63, 3.8) is 0 Å².